The predicted octanol–water partition coefficient (Wildman–Crippen LogP) is 0.484. The first-order valence-corrected chi connectivity index (χ1v) is 4.86. The Morgan fingerprint density at radius 3 is 2.33 bits per heavy atom. The van der Waals surface area contributed by atoms with Gasteiger partial charge in [0.2, 0.25) is 0 Å². The highest BCUT2D eigenvalue weighted by Crippen LogP contribution is 2.11. The molecule has 0 saturated heterocycles. The van der Waals surface area contributed by atoms with Gasteiger partial charge in [0.25, 0.3) is 0 Å². The van der Waals surface area contributed by atoms with E-state index in [-0.39, 0.29) is 0 Å². The van der Waals surface area contributed by atoms with Crippen LogP contribution in [0.3, 0.4) is 0 Å². The molecule has 0 unspecified atom stereocenters. The molecule has 2 atom stereocenters. The van der Waals surface area contributed by atoms with Gasteiger partial charge in [-0.15, -0.1) is 0 Å². The third kappa shape index (κ3) is 3.87. The van der Waals surface area contributed by atoms with Crippen LogP contribution in [0.5, 0.6) is 5.75 Å². The Bertz CT molecular complexity index is 284. The van der Waals surface area contributed by atoms with E-state index in [0.717, 1.165) is 11.3 Å². The van der Waals surface area contributed by atoms with Crippen LogP contribution in [0.2, 0.25) is 0 Å². The fourth-order valence-electron chi connectivity index (χ4n) is 1.14. The molecular weight excluding hydrogens is 194 g/mol. The van der Waals surface area contributed by atoms with Crippen molar-refractivity contribution in [3.8, 4) is 5.75 Å². The van der Waals surface area contributed by atoms with E-state index in [9.17, 15) is 5.11 Å². The zero-order chi connectivity index (χ0) is 11.3. The molecule has 4 heteroatoms. The van der Waals surface area contributed by atoms with Crippen molar-refractivity contribution in [1.82, 2.24) is 5.32 Å². The maximum atomic E-state index is 9.30. The Morgan fingerprint density at radius 1 is 1.27 bits per heavy atom. The van der Waals surface area contributed by atoms with Crippen molar-refractivity contribution in [1.29, 1.82) is 0 Å². The van der Waals surface area contributed by atoms with Gasteiger partial charge in [0.05, 0.1) is 13.2 Å². The second-order valence-electron chi connectivity index (χ2n) is 3.41. The number of benzene rings is 1. The number of rotatable bonds is 5. The first-order valence-electron chi connectivity index (χ1n) is 4.86. The highest BCUT2D eigenvalue weighted by Gasteiger charge is 2.08. The number of hydrogen-bond donors (Lipinski definition) is 3. The average molecular weight is 211 g/mol. The highest BCUT2D eigenvalue weighted by molar-refractivity contribution is 5.26. The quantitative estimate of drug-likeness (QED) is 0.620. The summed E-state index contributed by atoms with van der Waals surface area (Å²) in [6.45, 7) is 2.04. The fraction of sp³-hybridized carbons (Fsp3) is 0.455. The van der Waals surface area contributed by atoms with Crippen molar-refractivity contribution >= 4 is 0 Å². The van der Waals surface area contributed by atoms with Crippen LogP contribution < -0.4 is 10.1 Å². The maximum Gasteiger partial charge on any atom is 0.131 e. The second kappa shape index (κ2) is 5.70. The monoisotopic (exact) mass is 211 g/mol. The van der Waals surface area contributed by atoms with E-state index in [1.807, 2.05) is 24.3 Å². The minimum atomic E-state index is -0.896. The number of methoxy groups -OCH3 is 1. The summed E-state index contributed by atoms with van der Waals surface area (Å²) in [5, 5.41) is 21.2. The zero-order valence-corrected chi connectivity index (χ0v) is 8.97. The van der Waals surface area contributed by atoms with Crippen LogP contribution in [0.1, 0.15) is 12.5 Å². The molecule has 0 saturated carbocycles. The van der Waals surface area contributed by atoms with Gasteiger partial charge in [-0.1, -0.05) is 12.1 Å². The number of nitrogens with one attached hydrogen (secondary N) is 1. The van der Waals surface area contributed by atoms with Gasteiger partial charge in [0, 0.05) is 6.54 Å². The Hall–Kier alpha value is -1.10. The van der Waals surface area contributed by atoms with Crippen molar-refractivity contribution < 1.29 is 14.9 Å². The van der Waals surface area contributed by atoms with Gasteiger partial charge >= 0.3 is 0 Å². The predicted molar refractivity (Wildman–Crippen MR) is 57.5 cm³/mol. The molecule has 0 amide bonds. The largest absolute Gasteiger partial charge is 0.497 e. The molecule has 0 aromatic heterocycles. The molecule has 1 aromatic rings. The molecule has 4 nitrogen and oxygen atoms in total. The van der Waals surface area contributed by atoms with Crippen molar-refractivity contribution in [2.45, 2.75) is 25.8 Å². The molecule has 3 N–H and O–H groups in total. The molecular formula is C11H17NO3. The van der Waals surface area contributed by atoms with Crippen LogP contribution >= 0.6 is 0 Å². The average Bonchev–Trinajstić information content (AvgIpc) is 2.26. The summed E-state index contributed by atoms with van der Waals surface area (Å²) in [4.78, 5) is 0. The molecule has 0 spiro atoms. The van der Waals surface area contributed by atoms with E-state index in [2.05, 4.69) is 5.32 Å². The summed E-state index contributed by atoms with van der Waals surface area (Å²) < 4.78 is 5.02. The molecule has 0 aliphatic heterocycles. The molecule has 0 fully saturated rings. The van der Waals surface area contributed by atoms with Crippen molar-refractivity contribution in [3.05, 3.63) is 29.8 Å². The van der Waals surface area contributed by atoms with E-state index >= 15 is 0 Å². The third-order valence-corrected chi connectivity index (χ3v) is 2.13. The van der Waals surface area contributed by atoms with Crippen molar-refractivity contribution in [2.24, 2.45) is 0 Å². The van der Waals surface area contributed by atoms with Crippen LogP contribution in [0.25, 0.3) is 0 Å². The number of hydrogen-bond acceptors (Lipinski definition) is 4. The van der Waals surface area contributed by atoms with Gasteiger partial charge in [0.15, 0.2) is 0 Å². The third-order valence-electron chi connectivity index (χ3n) is 2.13. The number of aliphatic hydroxyl groups is 2. The summed E-state index contributed by atoms with van der Waals surface area (Å²) >= 11 is 0. The summed E-state index contributed by atoms with van der Waals surface area (Å²) in [7, 11) is 1.62. The van der Waals surface area contributed by atoms with Crippen LogP contribution in [0, 0.1) is 0 Å². The van der Waals surface area contributed by atoms with Gasteiger partial charge in [-0.3, -0.25) is 5.32 Å². The first kappa shape index (κ1) is 12.0. The summed E-state index contributed by atoms with van der Waals surface area (Å²) in [6.07, 6.45) is -1.67. The second-order valence-corrected chi connectivity index (χ2v) is 3.41. The molecule has 0 aliphatic rings. The van der Waals surface area contributed by atoms with Gasteiger partial charge in [-0.2, -0.15) is 0 Å². The number of ether oxygens (including phenoxy) is 1. The standard InChI is InChI=1S/C11H17NO3/c1-8(13)11(14)12-7-9-3-5-10(15-2)6-4-9/h3-6,8,11-14H,7H2,1-2H3/t8-,11-/m0/s1. The lowest BCUT2D eigenvalue weighted by Gasteiger charge is -2.15. The van der Waals surface area contributed by atoms with E-state index in [1.165, 1.54) is 6.92 Å². The topological polar surface area (TPSA) is 61.7 Å². The molecule has 0 heterocycles. The Morgan fingerprint density at radius 2 is 1.87 bits per heavy atom. The first-order chi connectivity index (χ1) is 7.13. The minimum absolute atomic E-state index is 0.510. The fourth-order valence-corrected chi connectivity index (χ4v) is 1.14. The highest BCUT2D eigenvalue weighted by atomic mass is 16.5. The lowest BCUT2D eigenvalue weighted by Crippen LogP contribution is -2.37. The zero-order valence-electron chi connectivity index (χ0n) is 8.97. The van der Waals surface area contributed by atoms with Crippen LogP contribution in [-0.2, 0) is 6.54 Å². The summed E-state index contributed by atoms with van der Waals surface area (Å²) in [6, 6.07) is 7.51. The molecule has 15 heavy (non-hydrogen) atoms. The lowest BCUT2D eigenvalue weighted by molar-refractivity contribution is 0.00811. The summed E-state index contributed by atoms with van der Waals surface area (Å²) in [5.74, 6) is 0.801. The smallest absolute Gasteiger partial charge is 0.131 e. The number of aliphatic hydroxyl groups excluding tert-OH is 2. The molecule has 1 aromatic carbocycles. The van der Waals surface area contributed by atoms with E-state index in [1.54, 1.807) is 7.11 Å². The van der Waals surface area contributed by atoms with E-state index in [4.69, 9.17) is 9.84 Å². The molecule has 0 bridgehead atoms. The Labute approximate surface area is 89.5 Å². The van der Waals surface area contributed by atoms with Crippen LogP contribution in [0.15, 0.2) is 24.3 Å². The lowest BCUT2D eigenvalue weighted by atomic mass is 10.2. The molecule has 0 radical (unpaired) electrons. The molecule has 0 aliphatic carbocycles. The van der Waals surface area contributed by atoms with Crippen molar-refractivity contribution in [2.75, 3.05) is 7.11 Å². The Balaban J connectivity index is 2.44. The van der Waals surface area contributed by atoms with Gasteiger partial charge in [0.1, 0.15) is 12.0 Å². The van der Waals surface area contributed by atoms with Gasteiger partial charge in [-0.05, 0) is 24.6 Å². The minimum Gasteiger partial charge on any atom is -0.497 e. The van der Waals surface area contributed by atoms with Gasteiger partial charge < -0.3 is 14.9 Å². The normalized spacial score (nSPS) is 14.7. The SMILES string of the molecule is COc1ccc(CN[C@@H](O)[C@H](C)O)cc1. The molecule has 1 rings (SSSR count). The van der Waals surface area contributed by atoms with Crippen molar-refractivity contribution in [3.63, 3.8) is 0 Å². The van der Waals surface area contributed by atoms with E-state index < -0.39 is 12.3 Å². The van der Waals surface area contributed by atoms with E-state index in [0.29, 0.717) is 6.54 Å². The maximum absolute atomic E-state index is 9.30. The Kier molecular flexibility index (Phi) is 4.55. The summed E-state index contributed by atoms with van der Waals surface area (Å²) in [5.41, 5.74) is 1.02. The van der Waals surface area contributed by atoms with Crippen LogP contribution in [0.4, 0.5) is 0 Å². The van der Waals surface area contributed by atoms with Gasteiger partial charge in [-0.25, -0.2) is 0 Å². The van der Waals surface area contributed by atoms with Crippen LogP contribution in [-0.4, -0.2) is 29.7 Å². The molecule has 84 valence electrons.